The average molecular weight is 285 g/mol. The minimum Gasteiger partial charge on any atom is -0.464 e. The van der Waals surface area contributed by atoms with Gasteiger partial charge in [0.1, 0.15) is 11.5 Å². The van der Waals surface area contributed by atoms with Crippen LogP contribution in [0.4, 0.5) is 0 Å². The third kappa shape index (κ3) is 4.21. The molecule has 2 aromatic rings. The summed E-state index contributed by atoms with van der Waals surface area (Å²) in [5, 5.41) is 3.60. The Kier molecular flexibility index (Phi) is 6.06. The van der Waals surface area contributed by atoms with E-state index in [1.165, 1.54) is 17.5 Å². The van der Waals surface area contributed by atoms with Gasteiger partial charge in [0.15, 0.2) is 0 Å². The predicted molar refractivity (Wildman–Crippen MR) is 88.7 cm³/mol. The van der Waals surface area contributed by atoms with Crippen molar-refractivity contribution in [2.75, 3.05) is 6.54 Å². The molecular weight excluding hydrogens is 258 g/mol. The summed E-state index contributed by atoms with van der Waals surface area (Å²) < 4.78 is 5.96. The molecular formula is C19H27NO. The third-order valence-electron chi connectivity index (χ3n) is 3.77. The van der Waals surface area contributed by atoms with E-state index in [9.17, 15) is 0 Å². The number of hydrogen-bond donors (Lipinski definition) is 1. The minimum absolute atomic E-state index is 0.154. The molecule has 1 heterocycles. The first-order chi connectivity index (χ1) is 10.3. The number of nitrogens with one attached hydrogen (secondary N) is 1. The molecule has 0 amide bonds. The average Bonchev–Trinajstić information content (AvgIpc) is 2.98. The van der Waals surface area contributed by atoms with Gasteiger partial charge in [0.25, 0.3) is 0 Å². The van der Waals surface area contributed by atoms with E-state index >= 15 is 0 Å². The van der Waals surface area contributed by atoms with Crippen molar-refractivity contribution in [3.05, 3.63) is 59.0 Å². The predicted octanol–water partition coefficient (Wildman–Crippen LogP) is 4.88. The normalized spacial score (nSPS) is 12.5. The number of furan rings is 1. The molecule has 21 heavy (non-hydrogen) atoms. The van der Waals surface area contributed by atoms with Gasteiger partial charge in [-0.25, -0.2) is 0 Å². The fourth-order valence-corrected chi connectivity index (χ4v) is 2.58. The second kappa shape index (κ2) is 8.04. The summed E-state index contributed by atoms with van der Waals surface area (Å²) in [6.07, 6.45) is 4.39. The van der Waals surface area contributed by atoms with Gasteiger partial charge in [-0.3, -0.25) is 0 Å². The van der Waals surface area contributed by atoms with Gasteiger partial charge in [-0.05, 0) is 42.6 Å². The molecule has 1 aromatic heterocycles. The molecule has 2 nitrogen and oxygen atoms in total. The molecule has 2 heteroatoms. The lowest BCUT2D eigenvalue weighted by atomic mass is 10.0. The van der Waals surface area contributed by atoms with E-state index in [1.54, 1.807) is 0 Å². The maximum absolute atomic E-state index is 5.96. The Morgan fingerprint density at radius 3 is 2.29 bits per heavy atom. The standard InChI is InChI=1S/C19H27NO/c1-4-7-15-8-10-16(11-9-15)19(20-14-5-2)18-13-12-17(6-3)21-18/h8-13,19-20H,4-7,14H2,1-3H3. The molecule has 1 atom stereocenters. The van der Waals surface area contributed by atoms with E-state index in [0.717, 1.165) is 37.3 Å². The Bertz CT molecular complexity index is 527. The second-order valence-electron chi connectivity index (χ2n) is 5.54. The molecule has 0 aliphatic carbocycles. The van der Waals surface area contributed by atoms with Crippen LogP contribution >= 0.6 is 0 Å². The highest BCUT2D eigenvalue weighted by atomic mass is 16.3. The van der Waals surface area contributed by atoms with E-state index in [0.29, 0.717) is 0 Å². The Morgan fingerprint density at radius 1 is 0.952 bits per heavy atom. The van der Waals surface area contributed by atoms with Crippen molar-refractivity contribution < 1.29 is 4.42 Å². The van der Waals surface area contributed by atoms with E-state index < -0.39 is 0 Å². The fourth-order valence-electron chi connectivity index (χ4n) is 2.58. The first-order valence-corrected chi connectivity index (χ1v) is 8.19. The molecule has 0 aliphatic heterocycles. The van der Waals surface area contributed by atoms with Crippen molar-refractivity contribution >= 4 is 0 Å². The minimum atomic E-state index is 0.154. The van der Waals surface area contributed by atoms with Crippen LogP contribution in [0.15, 0.2) is 40.8 Å². The lowest BCUT2D eigenvalue weighted by molar-refractivity contribution is 0.422. The van der Waals surface area contributed by atoms with Crippen LogP contribution in [0.25, 0.3) is 0 Å². The Balaban J connectivity index is 2.21. The molecule has 1 unspecified atom stereocenters. The summed E-state index contributed by atoms with van der Waals surface area (Å²) in [6.45, 7) is 7.52. The van der Waals surface area contributed by atoms with E-state index in [-0.39, 0.29) is 6.04 Å². The maximum atomic E-state index is 5.96. The van der Waals surface area contributed by atoms with E-state index in [4.69, 9.17) is 4.42 Å². The van der Waals surface area contributed by atoms with Crippen molar-refractivity contribution in [1.29, 1.82) is 0 Å². The molecule has 0 radical (unpaired) electrons. The molecule has 2 rings (SSSR count). The van der Waals surface area contributed by atoms with Crippen LogP contribution in [0, 0.1) is 0 Å². The van der Waals surface area contributed by atoms with Crippen molar-refractivity contribution in [2.45, 2.75) is 52.5 Å². The van der Waals surface area contributed by atoms with Crippen LogP contribution < -0.4 is 5.32 Å². The van der Waals surface area contributed by atoms with Crippen LogP contribution in [0.2, 0.25) is 0 Å². The summed E-state index contributed by atoms with van der Waals surface area (Å²) in [5.41, 5.74) is 2.68. The number of hydrogen-bond acceptors (Lipinski definition) is 2. The number of benzene rings is 1. The van der Waals surface area contributed by atoms with Gasteiger partial charge in [0, 0.05) is 6.42 Å². The molecule has 0 spiro atoms. The number of rotatable bonds is 8. The molecule has 114 valence electrons. The smallest absolute Gasteiger partial charge is 0.125 e. The van der Waals surface area contributed by atoms with Gasteiger partial charge in [0.05, 0.1) is 6.04 Å². The highest BCUT2D eigenvalue weighted by molar-refractivity contribution is 5.30. The summed E-state index contributed by atoms with van der Waals surface area (Å²) in [7, 11) is 0. The third-order valence-corrected chi connectivity index (χ3v) is 3.77. The van der Waals surface area contributed by atoms with Crippen LogP contribution in [-0.4, -0.2) is 6.54 Å². The zero-order chi connectivity index (χ0) is 15.1. The highest BCUT2D eigenvalue weighted by Gasteiger charge is 2.17. The maximum Gasteiger partial charge on any atom is 0.125 e. The molecule has 1 aromatic carbocycles. The van der Waals surface area contributed by atoms with Gasteiger partial charge < -0.3 is 9.73 Å². The topological polar surface area (TPSA) is 25.2 Å². The second-order valence-corrected chi connectivity index (χ2v) is 5.54. The van der Waals surface area contributed by atoms with Gasteiger partial charge >= 0.3 is 0 Å². The molecule has 0 saturated heterocycles. The van der Waals surface area contributed by atoms with Gasteiger partial charge in [-0.2, -0.15) is 0 Å². The van der Waals surface area contributed by atoms with Gasteiger partial charge in [-0.1, -0.05) is 51.5 Å². The summed E-state index contributed by atoms with van der Waals surface area (Å²) >= 11 is 0. The van der Waals surface area contributed by atoms with Crippen LogP contribution in [0.1, 0.15) is 62.3 Å². The van der Waals surface area contributed by atoms with Crippen LogP contribution in [0.5, 0.6) is 0 Å². The van der Waals surface area contributed by atoms with E-state index in [2.05, 4.69) is 62.5 Å². The molecule has 0 saturated carbocycles. The first-order valence-electron chi connectivity index (χ1n) is 8.19. The Hall–Kier alpha value is -1.54. The number of aryl methyl sites for hydroxylation is 2. The van der Waals surface area contributed by atoms with E-state index in [1.807, 2.05) is 0 Å². The molecule has 1 N–H and O–H groups in total. The quantitative estimate of drug-likeness (QED) is 0.747. The molecule has 0 bridgehead atoms. The summed E-state index contributed by atoms with van der Waals surface area (Å²) in [5.74, 6) is 2.07. The first kappa shape index (κ1) is 15.8. The highest BCUT2D eigenvalue weighted by Crippen LogP contribution is 2.25. The van der Waals surface area contributed by atoms with Crippen molar-refractivity contribution in [2.24, 2.45) is 0 Å². The van der Waals surface area contributed by atoms with Crippen LogP contribution in [0.3, 0.4) is 0 Å². The molecule has 0 aliphatic rings. The van der Waals surface area contributed by atoms with Crippen molar-refractivity contribution in [1.82, 2.24) is 5.32 Å². The Morgan fingerprint density at radius 2 is 1.71 bits per heavy atom. The lowest BCUT2D eigenvalue weighted by Crippen LogP contribution is -2.22. The zero-order valence-electron chi connectivity index (χ0n) is 13.5. The zero-order valence-corrected chi connectivity index (χ0v) is 13.5. The monoisotopic (exact) mass is 285 g/mol. The van der Waals surface area contributed by atoms with Gasteiger partial charge in [-0.15, -0.1) is 0 Å². The lowest BCUT2D eigenvalue weighted by Gasteiger charge is -2.17. The SMILES string of the molecule is CCCNC(c1ccc(CCC)cc1)c1ccc(CC)o1. The fraction of sp³-hybridized carbons (Fsp3) is 0.474. The molecule has 0 fully saturated rings. The summed E-state index contributed by atoms with van der Waals surface area (Å²) in [6, 6.07) is 13.3. The van der Waals surface area contributed by atoms with Gasteiger partial charge in [0.2, 0.25) is 0 Å². The Labute approximate surface area is 128 Å². The summed E-state index contributed by atoms with van der Waals surface area (Å²) in [4.78, 5) is 0. The van der Waals surface area contributed by atoms with Crippen molar-refractivity contribution in [3.63, 3.8) is 0 Å². The van der Waals surface area contributed by atoms with Crippen molar-refractivity contribution in [3.8, 4) is 0 Å². The largest absolute Gasteiger partial charge is 0.464 e. The van der Waals surface area contributed by atoms with Crippen LogP contribution in [-0.2, 0) is 12.8 Å².